The number of hydrogen-bond donors (Lipinski definition) is 0. The molecule has 1 aromatic carbocycles. The van der Waals surface area contributed by atoms with Crippen LogP contribution in [0.25, 0.3) is 0 Å². The smallest absolute Gasteiger partial charge is 0.0654 e. The molecule has 1 heteroatoms. The standard InChI is InChI=1S/C33H54Si/c1-2-3-4-5-6-7-15-26-34(29-18-9-8-10-19-29,32-24-22-27-16-11-13-20-30(27)32)33-25-23-28-17-12-14-21-31(28)33/h8-10,18-19,27-28,30-33H,2-7,11-17,20-26H2,1H3. The highest BCUT2D eigenvalue weighted by Gasteiger charge is 2.58. The van der Waals surface area contributed by atoms with E-state index in [1.165, 1.54) is 70.6 Å². The Labute approximate surface area is 213 Å². The first-order valence-corrected chi connectivity index (χ1v) is 18.3. The van der Waals surface area contributed by atoms with Gasteiger partial charge >= 0.3 is 0 Å². The third-order valence-electron chi connectivity index (χ3n) is 11.5. The Morgan fingerprint density at radius 1 is 0.588 bits per heavy atom. The average Bonchev–Trinajstić information content (AvgIpc) is 3.52. The van der Waals surface area contributed by atoms with Gasteiger partial charge in [0.1, 0.15) is 0 Å². The molecule has 4 saturated carbocycles. The summed E-state index contributed by atoms with van der Waals surface area (Å²) in [7, 11) is -1.60. The average molecular weight is 479 g/mol. The van der Waals surface area contributed by atoms with Crippen LogP contribution in [0, 0.1) is 23.7 Å². The van der Waals surface area contributed by atoms with Crippen LogP contribution in [-0.2, 0) is 0 Å². The molecule has 5 rings (SSSR count). The van der Waals surface area contributed by atoms with E-state index in [1.807, 2.05) is 5.19 Å². The van der Waals surface area contributed by atoms with Gasteiger partial charge in [-0.2, -0.15) is 0 Å². The summed E-state index contributed by atoms with van der Waals surface area (Å²) in [5.41, 5.74) is 2.21. The van der Waals surface area contributed by atoms with E-state index >= 15 is 0 Å². The molecule has 190 valence electrons. The summed E-state index contributed by atoms with van der Waals surface area (Å²) in [5, 5.41) is 1.91. The fourth-order valence-corrected chi connectivity index (χ4v) is 17.9. The van der Waals surface area contributed by atoms with Gasteiger partial charge in [-0.1, -0.05) is 170 Å². The van der Waals surface area contributed by atoms with Crippen molar-refractivity contribution in [1.82, 2.24) is 0 Å². The van der Waals surface area contributed by atoms with E-state index in [1.54, 1.807) is 57.4 Å². The van der Waals surface area contributed by atoms with Crippen LogP contribution in [0.4, 0.5) is 0 Å². The van der Waals surface area contributed by atoms with E-state index in [4.69, 9.17) is 0 Å². The van der Waals surface area contributed by atoms with Gasteiger partial charge in [0.25, 0.3) is 0 Å². The van der Waals surface area contributed by atoms with Crippen LogP contribution in [0.15, 0.2) is 30.3 Å². The molecule has 0 heterocycles. The van der Waals surface area contributed by atoms with Crippen LogP contribution in [0.5, 0.6) is 0 Å². The third kappa shape index (κ3) is 5.12. The molecule has 0 N–H and O–H groups in total. The second kappa shape index (κ2) is 12.1. The Morgan fingerprint density at radius 3 is 1.71 bits per heavy atom. The predicted octanol–water partition coefficient (Wildman–Crippen LogP) is 10.0. The quantitative estimate of drug-likeness (QED) is 0.219. The van der Waals surface area contributed by atoms with Gasteiger partial charge in [-0.05, 0) is 34.8 Å². The molecule has 0 saturated heterocycles. The van der Waals surface area contributed by atoms with Crippen molar-refractivity contribution in [2.75, 3.05) is 0 Å². The summed E-state index contributed by atoms with van der Waals surface area (Å²) in [5.74, 6) is 4.36. The van der Waals surface area contributed by atoms with E-state index < -0.39 is 8.07 Å². The molecular formula is C33H54Si. The van der Waals surface area contributed by atoms with E-state index in [2.05, 4.69) is 37.3 Å². The molecule has 0 bridgehead atoms. The maximum absolute atomic E-state index is 2.65. The molecule has 34 heavy (non-hydrogen) atoms. The van der Waals surface area contributed by atoms with Gasteiger partial charge in [-0.15, -0.1) is 0 Å². The molecule has 0 spiro atoms. The molecule has 0 aliphatic heterocycles. The molecule has 4 aliphatic rings. The first-order chi connectivity index (χ1) is 16.8. The molecule has 1 aromatic rings. The second-order valence-corrected chi connectivity index (χ2v) is 17.7. The number of hydrogen-bond acceptors (Lipinski definition) is 0. The summed E-state index contributed by atoms with van der Waals surface area (Å²) in [6.07, 6.45) is 29.1. The number of rotatable bonds is 11. The Morgan fingerprint density at radius 2 is 1.12 bits per heavy atom. The molecule has 0 aromatic heterocycles. The van der Waals surface area contributed by atoms with Gasteiger partial charge in [-0.25, -0.2) is 0 Å². The first-order valence-electron chi connectivity index (χ1n) is 15.9. The molecule has 0 radical (unpaired) electrons. The Hall–Kier alpha value is -0.563. The van der Waals surface area contributed by atoms with Crippen molar-refractivity contribution in [2.24, 2.45) is 23.7 Å². The van der Waals surface area contributed by atoms with Crippen molar-refractivity contribution in [3.63, 3.8) is 0 Å². The molecule has 6 unspecified atom stereocenters. The van der Waals surface area contributed by atoms with Crippen molar-refractivity contribution >= 4 is 13.3 Å². The molecule has 0 amide bonds. The summed E-state index contributed by atoms with van der Waals surface area (Å²) < 4.78 is 0. The summed E-state index contributed by atoms with van der Waals surface area (Å²) >= 11 is 0. The van der Waals surface area contributed by atoms with Crippen molar-refractivity contribution in [2.45, 2.75) is 146 Å². The lowest BCUT2D eigenvalue weighted by molar-refractivity contribution is 0.263. The van der Waals surface area contributed by atoms with Crippen LogP contribution in [-0.4, -0.2) is 8.07 Å². The lowest BCUT2D eigenvalue weighted by Gasteiger charge is -2.50. The number of unbranched alkanes of at least 4 members (excludes halogenated alkanes) is 6. The van der Waals surface area contributed by atoms with Crippen molar-refractivity contribution in [1.29, 1.82) is 0 Å². The van der Waals surface area contributed by atoms with Gasteiger partial charge in [0.15, 0.2) is 0 Å². The van der Waals surface area contributed by atoms with Gasteiger partial charge in [0.2, 0.25) is 0 Å². The molecular weight excluding hydrogens is 424 g/mol. The first kappa shape index (κ1) is 25.1. The zero-order valence-electron chi connectivity index (χ0n) is 22.5. The topological polar surface area (TPSA) is 0 Å². The van der Waals surface area contributed by atoms with Crippen LogP contribution in [0.1, 0.15) is 129 Å². The van der Waals surface area contributed by atoms with Crippen LogP contribution < -0.4 is 5.19 Å². The molecule has 6 atom stereocenters. The van der Waals surface area contributed by atoms with Gasteiger partial charge in [-0.3, -0.25) is 0 Å². The van der Waals surface area contributed by atoms with Crippen molar-refractivity contribution < 1.29 is 0 Å². The minimum Gasteiger partial charge on any atom is -0.0654 e. The monoisotopic (exact) mass is 478 g/mol. The highest BCUT2D eigenvalue weighted by atomic mass is 28.3. The fourth-order valence-electron chi connectivity index (χ4n) is 10.1. The number of fused-ring (bicyclic) bond motifs is 2. The zero-order valence-corrected chi connectivity index (χ0v) is 23.5. The predicted molar refractivity (Wildman–Crippen MR) is 151 cm³/mol. The summed E-state index contributed by atoms with van der Waals surface area (Å²) in [4.78, 5) is 0. The van der Waals surface area contributed by atoms with E-state index in [9.17, 15) is 0 Å². The zero-order chi connectivity index (χ0) is 23.2. The largest absolute Gasteiger partial charge is 0.0933 e. The van der Waals surface area contributed by atoms with E-state index in [-0.39, 0.29) is 0 Å². The summed E-state index contributed by atoms with van der Waals surface area (Å²) in [6, 6.07) is 14.1. The molecule has 4 fully saturated rings. The van der Waals surface area contributed by atoms with Gasteiger partial charge in [0.05, 0.1) is 8.07 Å². The minimum absolute atomic E-state index is 1.09. The Bertz CT molecular complexity index is 693. The summed E-state index contributed by atoms with van der Waals surface area (Å²) in [6.45, 7) is 2.35. The van der Waals surface area contributed by atoms with Crippen molar-refractivity contribution in [3.8, 4) is 0 Å². The second-order valence-electron chi connectivity index (χ2n) is 13.1. The molecule has 4 aliphatic carbocycles. The molecule has 0 nitrogen and oxygen atoms in total. The fraction of sp³-hybridized carbons (Fsp3) is 0.818. The normalized spacial score (nSPS) is 35.0. The van der Waals surface area contributed by atoms with E-state index in [0.717, 1.165) is 34.8 Å². The third-order valence-corrected chi connectivity index (χ3v) is 18.2. The lowest BCUT2D eigenvalue weighted by atomic mass is 9.81. The SMILES string of the molecule is CCCCCCCCC[Si](c1ccccc1)(C1CCC2CCCCC21)C1CCC2CCCCC21. The van der Waals surface area contributed by atoms with Crippen LogP contribution >= 0.6 is 0 Å². The maximum atomic E-state index is 2.65. The Kier molecular flexibility index (Phi) is 8.95. The van der Waals surface area contributed by atoms with Gasteiger partial charge < -0.3 is 0 Å². The van der Waals surface area contributed by atoms with Crippen LogP contribution in [0.3, 0.4) is 0 Å². The van der Waals surface area contributed by atoms with Gasteiger partial charge in [0, 0.05) is 0 Å². The Balaban J connectivity index is 1.45. The van der Waals surface area contributed by atoms with E-state index in [0.29, 0.717) is 0 Å². The maximum Gasteiger partial charge on any atom is 0.0933 e. The van der Waals surface area contributed by atoms with Crippen LogP contribution in [0.2, 0.25) is 17.1 Å². The number of benzene rings is 1. The highest BCUT2D eigenvalue weighted by Crippen LogP contribution is 2.62. The highest BCUT2D eigenvalue weighted by molar-refractivity contribution is 6.94. The minimum atomic E-state index is -1.60. The van der Waals surface area contributed by atoms with Crippen molar-refractivity contribution in [3.05, 3.63) is 30.3 Å². The lowest BCUT2D eigenvalue weighted by Crippen LogP contribution is -2.58.